The number of hydrogen-bond donors (Lipinski definition) is 2. The molecule has 25 heavy (non-hydrogen) atoms. The first-order valence-corrected chi connectivity index (χ1v) is 9.58. The molecule has 2 amide bonds. The Morgan fingerprint density at radius 2 is 2.36 bits per heavy atom. The minimum absolute atomic E-state index is 0.0183. The summed E-state index contributed by atoms with van der Waals surface area (Å²) in [7, 11) is 0. The van der Waals surface area contributed by atoms with E-state index in [1.54, 1.807) is 6.92 Å². The number of aliphatic hydroxyl groups excluding tert-OH is 1. The summed E-state index contributed by atoms with van der Waals surface area (Å²) in [6.45, 7) is 3.43. The highest BCUT2D eigenvalue weighted by molar-refractivity contribution is 5.75. The molecule has 136 valence electrons. The molecule has 0 saturated carbocycles. The van der Waals surface area contributed by atoms with Crippen molar-refractivity contribution in [2.75, 3.05) is 19.8 Å². The number of amides is 2. The second-order valence-corrected chi connectivity index (χ2v) is 7.75. The number of benzene rings is 1. The van der Waals surface area contributed by atoms with Gasteiger partial charge in [0.05, 0.1) is 31.4 Å². The van der Waals surface area contributed by atoms with Crippen molar-refractivity contribution in [3.05, 3.63) is 34.9 Å². The number of carbonyl (C=O) groups is 1. The van der Waals surface area contributed by atoms with Gasteiger partial charge in [0.2, 0.25) is 0 Å². The maximum absolute atomic E-state index is 12.9. The van der Waals surface area contributed by atoms with Crippen molar-refractivity contribution in [3.8, 4) is 0 Å². The normalized spacial score (nSPS) is 29.2. The molecule has 1 aliphatic heterocycles. The predicted octanol–water partition coefficient (Wildman–Crippen LogP) is 2.73. The Kier molecular flexibility index (Phi) is 4.69. The number of nitrogens with one attached hydrogen (secondary N) is 1. The van der Waals surface area contributed by atoms with Crippen LogP contribution in [0.5, 0.6) is 0 Å². The molecular formula is C20H28N2O3. The Hall–Kier alpha value is -1.59. The van der Waals surface area contributed by atoms with E-state index >= 15 is 0 Å². The molecular weight excluding hydrogens is 316 g/mol. The first-order valence-electron chi connectivity index (χ1n) is 9.58. The van der Waals surface area contributed by atoms with Crippen LogP contribution in [0, 0.1) is 0 Å². The van der Waals surface area contributed by atoms with Gasteiger partial charge in [-0.2, -0.15) is 0 Å². The zero-order valence-corrected chi connectivity index (χ0v) is 14.9. The van der Waals surface area contributed by atoms with Crippen LogP contribution >= 0.6 is 0 Å². The van der Waals surface area contributed by atoms with E-state index in [9.17, 15) is 9.90 Å². The van der Waals surface area contributed by atoms with E-state index in [-0.39, 0.29) is 18.1 Å². The molecule has 2 aliphatic carbocycles. The van der Waals surface area contributed by atoms with Gasteiger partial charge >= 0.3 is 6.03 Å². The molecule has 0 radical (unpaired) electrons. The van der Waals surface area contributed by atoms with Gasteiger partial charge in [0.15, 0.2) is 0 Å². The summed E-state index contributed by atoms with van der Waals surface area (Å²) in [6, 6.07) is 6.60. The van der Waals surface area contributed by atoms with Crippen molar-refractivity contribution >= 4 is 6.03 Å². The number of aliphatic hydroxyl groups is 1. The van der Waals surface area contributed by atoms with E-state index in [1.807, 2.05) is 4.90 Å². The summed E-state index contributed by atoms with van der Waals surface area (Å²) in [5.74, 6) is 0.600. The lowest BCUT2D eigenvalue weighted by atomic mass is 9.84. The van der Waals surface area contributed by atoms with Gasteiger partial charge in [-0.3, -0.25) is 0 Å². The van der Waals surface area contributed by atoms with Crippen molar-refractivity contribution < 1.29 is 14.6 Å². The van der Waals surface area contributed by atoms with E-state index in [2.05, 4.69) is 23.5 Å². The highest BCUT2D eigenvalue weighted by Crippen LogP contribution is 2.47. The second-order valence-electron chi connectivity index (χ2n) is 7.75. The molecule has 1 aromatic carbocycles. The van der Waals surface area contributed by atoms with Gasteiger partial charge in [0.1, 0.15) is 0 Å². The summed E-state index contributed by atoms with van der Waals surface area (Å²) < 4.78 is 5.52. The van der Waals surface area contributed by atoms with Gasteiger partial charge in [-0.25, -0.2) is 4.79 Å². The van der Waals surface area contributed by atoms with Crippen LogP contribution in [0.25, 0.3) is 0 Å². The van der Waals surface area contributed by atoms with E-state index in [1.165, 1.54) is 36.0 Å². The Bertz CT molecular complexity index is 646. The largest absolute Gasteiger partial charge is 0.393 e. The lowest BCUT2D eigenvalue weighted by molar-refractivity contribution is -0.00485. The lowest BCUT2D eigenvalue weighted by Gasteiger charge is -2.37. The SMILES string of the molecule is C[C@H](O)C[C@@H]1COCCN1C(=O)N[C@@H]1C[C@@H]2CCCc3cccc1c32. The third kappa shape index (κ3) is 3.27. The summed E-state index contributed by atoms with van der Waals surface area (Å²) in [6.07, 6.45) is 4.79. The fraction of sp³-hybridized carbons (Fsp3) is 0.650. The van der Waals surface area contributed by atoms with Crippen LogP contribution in [0.15, 0.2) is 18.2 Å². The zero-order valence-electron chi connectivity index (χ0n) is 14.9. The smallest absolute Gasteiger partial charge is 0.318 e. The van der Waals surface area contributed by atoms with Crippen LogP contribution in [-0.2, 0) is 11.2 Å². The molecule has 0 aromatic heterocycles. The van der Waals surface area contributed by atoms with Gasteiger partial charge < -0.3 is 20.1 Å². The Morgan fingerprint density at radius 1 is 1.48 bits per heavy atom. The Morgan fingerprint density at radius 3 is 3.20 bits per heavy atom. The molecule has 0 spiro atoms. The highest BCUT2D eigenvalue weighted by Gasteiger charge is 2.37. The van der Waals surface area contributed by atoms with Crippen molar-refractivity contribution in [2.45, 2.75) is 63.1 Å². The van der Waals surface area contributed by atoms with Crippen molar-refractivity contribution in [3.63, 3.8) is 0 Å². The molecule has 3 aliphatic rings. The van der Waals surface area contributed by atoms with Crippen LogP contribution in [0.4, 0.5) is 4.79 Å². The highest BCUT2D eigenvalue weighted by atomic mass is 16.5. The molecule has 5 nitrogen and oxygen atoms in total. The first kappa shape index (κ1) is 16.9. The fourth-order valence-corrected chi connectivity index (χ4v) is 4.86. The van der Waals surface area contributed by atoms with Gasteiger partial charge in [0, 0.05) is 6.54 Å². The van der Waals surface area contributed by atoms with E-state index in [0.29, 0.717) is 32.1 Å². The molecule has 2 N–H and O–H groups in total. The molecule has 1 heterocycles. The molecule has 5 heteroatoms. The second kappa shape index (κ2) is 6.96. The molecule has 0 unspecified atom stereocenters. The average Bonchev–Trinajstić information content (AvgIpc) is 2.95. The quantitative estimate of drug-likeness (QED) is 0.886. The van der Waals surface area contributed by atoms with Crippen LogP contribution in [0.1, 0.15) is 61.3 Å². The average molecular weight is 344 g/mol. The molecule has 4 atom stereocenters. The van der Waals surface area contributed by atoms with E-state index < -0.39 is 6.10 Å². The van der Waals surface area contributed by atoms with Gasteiger partial charge in [-0.1, -0.05) is 18.2 Å². The Balaban J connectivity index is 1.49. The molecule has 1 saturated heterocycles. The summed E-state index contributed by atoms with van der Waals surface area (Å²) >= 11 is 0. The number of aryl methyl sites for hydroxylation is 1. The molecule has 4 rings (SSSR count). The summed E-state index contributed by atoms with van der Waals surface area (Å²) in [4.78, 5) is 14.8. The molecule has 0 bridgehead atoms. The van der Waals surface area contributed by atoms with Gasteiger partial charge in [-0.15, -0.1) is 0 Å². The summed E-state index contributed by atoms with van der Waals surface area (Å²) in [5, 5.41) is 13.0. The van der Waals surface area contributed by atoms with Crippen molar-refractivity contribution in [1.29, 1.82) is 0 Å². The van der Waals surface area contributed by atoms with Crippen LogP contribution < -0.4 is 5.32 Å². The fourth-order valence-electron chi connectivity index (χ4n) is 4.86. The minimum atomic E-state index is -0.435. The van der Waals surface area contributed by atoms with E-state index in [4.69, 9.17) is 4.74 Å². The number of hydrogen-bond acceptors (Lipinski definition) is 3. The van der Waals surface area contributed by atoms with Gasteiger partial charge in [-0.05, 0) is 61.6 Å². The number of ether oxygens (including phenoxy) is 1. The number of rotatable bonds is 3. The summed E-state index contributed by atoms with van der Waals surface area (Å²) in [5.41, 5.74) is 4.29. The topological polar surface area (TPSA) is 61.8 Å². The number of urea groups is 1. The standard InChI is InChI=1S/C20H28N2O3/c1-13(23)10-16-12-25-9-8-22(16)20(24)21-18-11-15-6-2-4-14-5-3-7-17(18)19(14)15/h3,5,7,13,15-16,18,23H,2,4,6,8-12H2,1H3,(H,21,24)/t13-,15-,16+,18+/m0/s1. The lowest BCUT2D eigenvalue weighted by Crippen LogP contribution is -2.53. The van der Waals surface area contributed by atoms with Crippen LogP contribution in [-0.4, -0.2) is 47.9 Å². The number of carbonyl (C=O) groups excluding carboxylic acids is 1. The zero-order chi connectivity index (χ0) is 17.4. The van der Waals surface area contributed by atoms with Crippen molar-refractivity contribution in [2.24, 2.45) is 0 Å². The predicted molar refractivity (Wildman–Crippen MR) is 95.6 cm³/mol. The Labute approximate surface area is 149 Å². The van der Waals surface area contributed by atoms with Gasteiger partial charge in [0.25, 0.3) is 0 Å². The molecule has 1 fully saturated rings. The molecule has 1 aromatic rings. The first-order chi connectivity index (χ1) is 12.1. The van der Waals surface area contributed by atoms with Crippen molar-refractivity contribution in [1.82, 2.24) is 10.2 Å². The van der Waals surface area contributed by atoms with Crippen LogP contribution in [0.3, 0.4) is 0 Å². The maximum atomic E-state index is 12.9. The van der Waals surface area contributed by atoms with Crippen LogP contribution in [0.2, 0.25) is 0 Å². The number of nitrogens with zero attached hydrogens (tertiary/aromatic N) is 1. The minimum Gasteiger partial charge on any atom is -0.393 e. The third-order valence-electron chi connectivity index (χ3n) is 5.93. The monoisotopic (exact) mass is 344 g/mol. The third-order valence-corrected chi connectivity index (χ3v) is 5.93. The maximum Gasteiger partial charge on any atom is 0.318 e. The number of morpholine rings is 1. The van der Waals surface area contributed by atoms with E-state index in [0.717, 1.165) is 6.42 Å².